The van der Waals surface area contributed by atoms with Crippen molar-refractivity contribution in [3.05, 3.63) is 58.5 Å². The van der Waals surface area contributed by atoms with Crippen LogP contribution in [0.15, 0.2) is 30.6 Å². The van der Waals surface area contributed by atoms with E-state index in [0.29, 0.717) is 54.5 Å². The molecule has 1 atom stereocenters. The molecule has 6 rings (SSSR count). The second kappa shape index (κ2) is 10.5. The third kappa shape index (κ3) is 5.96. The summed E-state index contributed by atoms with van der Waals surface area (Å²) in [5.74, 6) is 1.09. The molecule has 0 unspecified atom stereocenters. The fourth-order valence-electron chi connectivity index (χ4n) is 6.00. The van der Waals surface area contributed by atoms with E-state index in [9.17, 15) is 22.8 Å². The third-order valence-electron chi connectivity index (χ3n) is 8.19. The number of anilines is 1. The van der Waals surface area contributed by atoms with E-state index in [4.69, 9.17) is 9.84 Å². The largest absolute Gasteiger partial charge is 0.494 e. The fourth-order valence-corrected chi connectivity index (χ4v) is 6.00. The summed E-state index contributed by atoms with van der Waals surface area (Å²) in [6, 6.07) is 5.50. The molecule has 3 aromatic rings. The van der Waals surface area contributed by atoms with Crippen LogP contribution in [0.25, 0.3) is 0 Å². The number of fused-ring (bicyclic) bond motifs is 3. The molecule has 218 valence electrons. The molecular formula is C29H33F3N6O3. The van der Waals surface area contributed by atoms with E-state index in [1.54, 1.807) is 34.9 Å². The molecule has 2 aromatic heterocycles. The highest BCUT2D eigenvalue weighted by atomic mass is 19.4. The number of carbonyl (C=O) groups is 2. The molecule has 1 saturated carbocycles. The summed E-state index contributed by atoms with van der Waals surface area (Å²) >= 11 is 0. The van der Waals surface area contributed by atoms with Gasteiger partial charge in [-0.25, -0.2) is 4.68 Å². The highest BCUT2D eigenvalue weighted by Crippen LogP contribution is 2.44. The van der Waals surface area contributed by atoms with Crippen LogP contribution < -0.4 is 15.4 Å². The van der Waals surface area contributed by atoms with Crippen molar-refractivity contribution in [3.8, 4) is 5.75 Å². The molecule has 12 heteroatoms. The minimum atomic E-state index is -4.20. The Morgan fingerprint density at radius 1 is 1.29 bits per heavy atom. The van der Waals surface area contributed by atoms with Gasteiger partial charge >= 0.3 is 6.18 Å². The number of hydrogen-bond acceptors (Lipinski definition) is 5. The Balaban J connectivity index is 1.21. The Kier molecular flexibility index (Phi) is 7.03. The molecule has 1 aromatic carbocycles. The number of nitrogens with zero attached hydrogens (tertiary/aromatic N) is 4. The van der Waals surface area contributed by atoms with Crippen molar-refractivity contribution in [2.75, 3.05) is 11.9 Å². The second-order valence-electron chi connectivity index (χ2n) is 11.5. The van der Waals surface area contributed by atoms with Crippen LogP contribution in [0.5, 0.6) is 5.75 Å². The molecule has 3 heterocycles. The summed E-state index contributed by atoms with van der Waals surface area (Å²) in [6.07, 6.45) is 3.55. The monoisotopic (exact) mass is 570 g/mol. The smallest absolute Gasteiger partial charge is 0.389 e. The van der Waals surface area contributed by atoms with Gasteiger partial charge in [-0.2, -0.15) is 23.4 Å². The Bertz CT molecular complexity index is 1470. The van der Waals surface area contributed by atoms with Crippen LogP contribution in [0.2, 0.25) is 0 Å². The van der Waals surface area contributed by atoms with E-state index in [-0.39, 0.29) is 31.3 Å². The van der Waals surface area contributed by atoms with Crippen molar-refractivity contribution in [2.24, 2.45) is 13.0 Å². The van der Waals surface area contributed by atoms with Crippen molar-refractivity contribution in [2.45, 2.75) is 76.0 Å². The number of aromatic nitrogens is 4. The predicted octanol–water partition coefficient (Wildman–Crippen LogP) is 4.45. The number of nitrogens with one attached hydrogen (secondary N) is 2. The Labute approximate surface area is 235 Å². The van der Waals surface area contributed by atoms with Gasteiger partial charge in [-0.05, 0) is 60.4 Å². The number of halogens is 3. The lowest BCUT2D eigenvalue weighted by Gasteiger charge is -2.35. The van der Waals surface area contributed by atoms with Crippen LogP contribution in [0.3, 0.4) is 0 Å². The topological polar surface area (TPSA) is 103 Å². The number of rotatable bonds is 10. The lowest BCUT2D eigenvalue weighted by Crippen LogP contribution is -2.49. The molecule has 0 radical (unpaired) electrons. The number of hydrogen-bond donors (Lipinski definition) is 2. The molecule has 1 aliphatic heterocycles. The first-order valence-corrected chi connectivity index (χ1v) is 14.1. The molecule has 1 spiro atoms. The van der Waals surface area contributed by atoms with Gasteiger partial charge in [0.25, 0.3) is 5.91 Å². The number of amides is 2. The van der Waals surface area contributed by atoms with E-state index >= 15 is 0 Å². The average Bonchev–Trinajstić information content (AvgIpc) is 3.43. The highest BCUT2D eigenvalue weighted by molar-refractivity contribution is 6.05. The zero-order valence-electron chi connectivity index (χ0n) is 22.9. The summed E-state index contributed by atoms with van der Waals surface area (Å²) in [4.78, 5) is 26.6. The fraction of sp³-hybridized carbons (Fsp3) is 0.517. The number of ether oxygens (including phenoxy) is 1. The maximum Gasteiger partial charge on any atom is 0.389 e. The average molecular weight is 571 g/mol. The minimum Gasteiger partial charge on any atom is -0.494 e. The summed E-state index contributed by atoms with van der Waals surface area (Å²) in [6.45, 7) is 0.600. The van der Waals surface area contributed by atoms with Gasteiger partial charge in [0.15, 0.2) is 0 Å². The molecule has 0 saturated heterocycles. The SMILES string of the molecule is Cn1cc(CC(=O)Nc2c3c(nn2CCC2CC2)C[C@]2(CCc4cc(OCCCC(F)(F)F)ccc42)NC3=O)cn1. The van der Waals surface area contributed by atoms with Crippen molar-refractivity contribution >= 4 is 17.6 Å². The zero-order chi connectivity index (χ0) is 28.8. The quantitative estimate of drug-likeness (QED) is 0.351. The first-order chi connectivity index (χ1) is 19.6. The molecule has 3 aliphatic rings. The summed E-state index contributed by atoms with van der Waals surface area (Å²) in [5, 5.41) is 15.2. The third-order valence-corrected chi connectivity index (χ3v) is 8.19. The van der Waals surface area contributed by atoms with Crippen LogP contribution in [0, 0.1) is 5.92 Å². The van der Waals surface area contributed by atoms with Crippen molar-refractivity contribution in [1.29, 1.82) is 0 Å². The van der Waals surface area contributed by atoms with E-state index < -0.39 is 18.1 Å². The minimum absolute atomic E-state index is 0.0168. The van der Waals surface area contributed by atoms with E-state index in [1.165, 1.54) is 12.8 Å². The van der Waals surface area contributed by atoms with Crippen LogP contribution in [0.1, 0.15) is 71.3 Å². The Morgan fingerprint density at radius 3 is 2.85 bits per heavy atom. The number of carbonyl (C=O) groups excluding carboxylic acids is 2. The van der Waals surface area contributed by atoms with Crippen molar-refractivity contribution < 1.29 is 27.5 Å². The number of aryl methyl sites for hydroxylation is 3. The maximum absolute atomic E-state index is 13.7. The summed E-state index contributed by atoms with van der Waals surface area (Å²) < 4.78 is 46.3. The molecule has 0 bridgehead atoms. The maximum atomic E-state index is 13.7. The predicted molar refractivity (Wildman–Crippen MR) is 144 cm³/mol. The number of alkyl halides is 3. The van der Waals surface area contributed by atoms with Gasteiger partial charge in [0, 0.05) is 32.6 Å². The van der Waals surface area contributed by atoms with Gasteiger partial charge in [-0.1, -0.05) is 18.9 Å². The van der Waals surface area contributed by atoms with Gasteiger partial charge in [0.05, 0.1) is 30.5 Å². The Hall–Kier alpha value is -3.83. The molecule has 1 fully saturated rings. The van der Waals surface area contributed by atoms with E-state index in [2.05, 4.69) is 15.7 Å². The Morgan fingerprint density at radius 2 is 2.12 bits per heavy atom. The first kappa shape index (κ1) is 27.3. The van der Waals surface area contributed by atoms with Gasteiger partial charge in [-0.15, -0.1) is 0 Å². The number of benzene rings is 1. The first-order valence-electron chi connectivity index (χ1n) is 14.1. The molecule has 41 heavy (non-hydrogen) atoms. The normalized spacial score (nSPS) is 19.7. The van der Waals surface area contributed by atoms with Gasteiger partial charge in [0.2, 0.25) is 5.91 Å². The van der Waals surface area contributed by atoms with Crippen molar-refractivity contribution in [1.82, 2.24) is 24.9 Å². The molecular weight excluding hydrogens is 537 g/mol. The zero-order valence-corrected chi connectivity index (χ0v) is 22.9. The van der Waals surface area contributed by atoms with Gasteiger partial charge in [0.1, 0.15) is 17.1 Å². The van der Waals surface area contributed by atoms with Crippen LogP contribution in [-0.2, 0) is 43.2 Å². The van der Waals surface area contributed by atoms with Crippen molar-refractivity contribution in [3.63, 3.8) is 0 Å². The summed E-state index contributed by atoms with van der Waals surface area (Å²) in [5.41, 5.74) is 3.16. The lowest BCUT2D eigenvalue weighted by molar-refractivity contribution is -0.136. The molecule has 2 amide bonds. The molecule has 9 nitrogen and oxygen atoms in total. The summed E-state index contributed by atoms with van der Waals surface area (Å²) in [7, 11) is 1.79. The van der Waals surface area contributed by atoms with Crippen LogP contribution in [0.4, 0.5) is 19.0 Å². The van der Waals surface area contributed by atoms with Gasteiger partial charge < -0.3 is 15.4 Å². The van der Waals surface area contributed by atoms with E-state index in [0.717, 1.165) is 23.1 Å². The standard InChI is InChI=1S/C29H33F3N6O3/c1-37-17-19(16-33-37)13-24(39)34-26-25-23(36-38(26)11-8-18-3-4-18)15-28(35-27(25)40)10-7-20-14-21(5-6-22(20)28)41-12-2-9-29(30,31)32/h5-6,14,16-18H,2-4,7-13,15H2,1H3,(H,34,39)(H,35,40)/t28-/m0/s1. The molecule has 2 aliphatic carbocycles. The lowest BCUT2D eigenvalue weighted by atomic mass is 9.82. The van der Waals surface area contributed by atoms with E-state index in [1.807, 2.05) is 12.1 Å². The highest BCUT2D eigenvalue weighted by Gasteiger charge is 2.46. The van der Waals surface area contributed by atoms with Crippen LogP contribution >= 0.6 is 0 Å². The van der Waals surface area contributed by atoms with Crippen LogP contribution in [-0.4, -0.2) is 44.2 Å². The van der Waals surface area contributed by atoms with Gasteiger partial charge in [-0.3, -0.25) is 14.3 Å². The second-order valence-corrected chi connectivity index (χ2v) is 11.5. The molecule has 2 N–H and O–H groups in total.